The van der Waals surface area contributed by atoms with Crippen molar-refractivity contribution in [3.05, 3.63) is 18.0 Å². The molecule has 96 valence electrons. The van der Waals surface area contributed by atoms with Crippen LogP contribution in [0.15, 0.2) is 12.4 Å². The van der Waals surface area contributed by atoms with E-state index in [9.17, 15) is 0 Å². The summed E-state index contributed by atoms with van der Waals surface area (Å²) in [6.45, 7) is 0. The maximum atomic E-state index is 6.20. The van der Waals surface area contributed by atoms with E-state index in [2.05, 4.69) is 10.1 Å². The molecule has 0 atom stereocenters. The molecule has 1 aliphatic carbocycles. The summed E-state index contributed by atoms with van der Waals surface area (Å²) in [6, 6.07) is 0.312. The van der Waals surface area contributed by atoms with E-state index in [0.717, 1.165) is 31.2 Å². The summed E-state index contributed by atoms with van der Waals surface area (Å²) in [5, 5.41) is 4.31. The highest BCUT2D eigenvalue weighted by atomic mass is 15.3. The van der Waals surface area contributed by atoms with Gasteiger partial charge >= 0.3 is 0 Å². The second kappa shape index (κ2) is 4.13. The number of hydrogen-bond donors (Lipinski definition) is 3. The molecule has 18 heavy (non-hydrogen) atoms. The van der Waals surface area contributed by atoms with Crippen LogP contribution in [0.5, 0.6) is 0 Å². The van der Waals surface area contributed by atoms with Gasteiger partial charge in [0.25, 0.3) is 0 Å². The van der Waals surface area contributed by atoms with Gasteiger partial charge in [-0.2, -0.15) is 0 Å². The number of imidazole rings is 1. The smallest absolute Gasteiger partial charge is 0.177 e. The van der Waals surface area contributed by atoms with Crippen LogP contribution in [0.25, 0.3) is 5.65 Å². The fourth-order valence-corrected chi connectivity index (χ4v) is 2.84. The molecule has 0 aliphatic heterocycles. The Morgan fingerprint density at radius 3 is 2.61 bits per heavy atom. The fourth-order valence-electron chi connectivity index (χ4n) is 2.84. The number of anilines is 2. The van der Waals surface area contributed by atoms with Crippen LogP contribution in [-0.4, -0.2) is 20.6 Å². The summed E-state index contributed by atoms with van der Waals surface area (Å²) in [5.74, 6) is 0.873. The van der Waals surface area contributed by atoms with Crippen molar-refractivity contribution in [2.45, 2.75) is 37.6 Å². The second-order valence-corrected chi connectivity index (χ2v) is 5.02. The Bertz CT molecular complexity index is 567. The zero-order valence-corrected chi connectivity index (χ0v) is 10.2. The molecule has 1 saturated carbocycles. The first-order valence-electron chi connectivity index (χ1n) is 6.30. The minimum atomic E-state index is 0.312. The van der Waals surface area contributed by atoms with E-state index in [1.807, 2.05) is 0 Å². The third kappa shape index (κ3) is 1.69. The highest BCUT2D eigenvalue weighted by molar-refractivity contribution is 5.73. The van der Waals surface area contributed by atoms with Gasteiger partial charge in [0, 0.05) is 24.0 Å². The van der Waals surface area contributed by atoms with Gasteiger partial charge in [0.05, 0.1) is 5.69 Å². The number of rotatable bonds is 1. The standard InChI is InChI=1S/C12H18N6/c13-8-3-1-7(2-4-8)9-10(14)12-16-5-6-18(12)17-11(9)15/h5-8H,1-4,13-14H2,(H2,15,17)/t7-,8-. The molecule has 2 heterocycles. The van der Waals surface area contributed by atoms with E-state index in [1.165, 1.54) is 0 Å². The van der Waals surface area contributed by atoms with E-state index in [0.29, 0.717) is 29.1 Å². The number of nitrogens with zero attached hydrogens (tertiary/aromatic N) is 3. The van der Waals surface area contributed by atoms with Gasteiger partial charge in [-0.1, -0.05) is 0 Å². The predicted octanol–water partition coefficient (Wildman–Crippen LogP) is 0.879. The van der Waals surface area contributed by atoms with Crippen molar-refractivity contribution in [2.24, 2.45) is 5.73 Å². The average Bonchev–Trinajstić information content (AvgIpc) is 2.80. The topological polar surface area (TPSA) is 108 Å². The number of fused-ring (bicyclic) bond motifs is 1. The zero-order chi connectivity index (χ0) is 12.7. The normalized spacial score (nSPS) is 24.5. The van der Waals surface area contributed by atoms with Gasteiger partial charge in [-0.25, -0.2) is 9.50 Å². The molecule has 6 N–H and O–H groups in total. The van der Waals surface area contributed by atoms with Crippen LogP contribution in [-0.2, 0) is 0 Å². The first kappa shape index (κ1) is 11.3. The van der Waals surface area contributed by atoms with Gasteiger partial charge in [-0.05, 0) is 31.6 Å². The minimum Gasteiger partial charge on any atom is -0.395 e. The molecule has 0 amide bonds. The Morgan fingerprint density at radius 2 is 1.89 bits per heavy atom. The van der Waals surface area contributed by atoms with Crippen LogP contribution in [0, 0.1) is 0 Å². The molecule has 0 radical (unpaired) electrons. The fraction of sp³-hybridized carbons (Fsp3) is 0.500. The van der Waals surface area contributed by atoms with Gasteiger partial charge < -0.3 is 17.2 Å². The highest BCUT2D eigenvalue weighted by Crippen LogP contribution is 2.38. The predicted molar refractivity (Wildman–Crippen MR) is 71.0 cm³/mol. The molecule has 2 aromatic rings. The van der Waals surface area contributed by atoms with E-state index < -0.39 is 0 Å². The van der Waals surface area contributed by atoms with Gasteiger partial charge in [-0.15, -0.1) is 5.10 Å². The van der Waals surface area contributed by atoms with Crippen molar-refractivity contribution < 1.29 is 0 Å². The second-order valence-electron chi connectivity index (χ2n) is 5.02. The van der Waals surface area contributed by atoms with Crippen molar-refractivity contribution in [3.8, 4) is 0 Å². The van der Waals surface area contributed by atoms with Crippen molar-refractivity contribution in [2.75, 3.05) is 11.5 Å². The van der Waals surface area contributed by atoms with Crippen molar-refractivity contribution in [3.63, 3.8) is 0 Å². The lowest BCUT2D eigenvalue weighted by molar-refractivity contribution is 0.396. The number of nitrogens with two attached hydrogens (primary N) is 3. The van der Waals surface area contributed by atoms with Crippen LogP contribution < -0.4 is 17.2 Å². The largest absolute Gasteiger partial charge is 0.395 e. The SMILES string of the molecule is Nc1nn2ccnc2c(N)c1[C@H]1CC[C@H](N)CC1. The van der Waals surface area contributed by atoms with E-state index in [1.54, 1.807) is 16.9 Å². The Hall–Kier alpha value is -1.82. The molecule has 1 fully saturated rings. The lowest BCUT2D eigenvalue weighted by Crippen LogP contribution is -2.26. The third-order valence-electron chi connectivity index (χ3n) is 3.82. The van der Waals surface area contributed by atoms with Gasteiger partial charge in [0.1, 0.15) is 5.82 Å². The minimum absolute atomic E-state index is 0.312. The lowest BCUT2D eigenvalue weighted by atomic mass is 9.81. The van der Waals surface area contributed by atoms with Gasteiger partial charge in [0.15, 0.2) is 5.65 Å². The van der Waals surface area contributed by atoms with Crippen LogP contribution in [0.4, 0.5) is 11.5 Å². The maximum Gasteiger partial charge on any atom is 0.177 e. The van der Waals surface area contributed by atoms with E-state index >= 15 is 0 Å². The van der Waals surface area contributed by atoms with Gasteiger partial charge in [0.2, 0.25) is 0 Å². The number of hydrogen-bond acceptors (Lipinski definition) is 5. The zero-order valence-electron chi connectivity index (χ0n) is 10.2. The van der Waals surface area contributed by atoms with Crippen molar-refractivity contribution >= 4 is 17.2 Å². The molecule has 2 aromatic heterocycles. The summed E-state index contributed by atoms with van der Waals surface area (Å²) in [7, 11) is 0. The maximum absolute atomic E-state index is 6.20. The molecular formula is C12H18N6. The van der Waals surface area contributed by atoms with Crippen LogP contribution in [0.1, 0.15) is 37.2 Å². The Balaban J connectivity index is 2.05. The Morgan fingerprint density at radius 1 is 1.17 bits per heavy atom. The monoisotopic (exact) mass is 246 g/mol. The average molecular weight is 246 g/mol. The Kier molecular flexibility index (Phi) is 2.59. The highest BCUT2D eigenvalue weighted by Gasteiger charge is 2.25. The molecule has 0 unspecified atom stereocenters. The summed E-state index contributed by atoms with van der Waals surface area (Å²) in [6.07, 6.45) is 7.51. The molecule has 6 nitrogen and oxygen atoms in total. The van der Waals surface area contributed by atoms with Gasteiger partial charge in [-0.3, -0.25) is 0 Å². The van der Waals surface area contributed by atoms with E-state index in [4.69, 9.17) is 17.2 Å². The summed E-state index contributed by atoms with van der Waals surface area (Å²) in [4.78, 5) is 4.23. The molecule has 1 aliphatic rings. The first-order chi connectivity index (χ1) is 8.66. The molecule has 6 heteroatoms. The number of nitrogen functional groups attached to an aromatic ring is 2. The Labute approximate surface area is 105 Å². The molecule has 0 spiro atoms. The molecule has 0 aromatic carbocycles. The molecular weight excluding hydrogens is 228 g/mol. The molecule has 0 saturated heterocycles. The quantitative estimate of drug-likeness (QED) is 0.692. The third-order valence-corrected chi connectivity index (χ3v) is 3.82. The van der Waals surface area contributed by atoms with Crippen LogP contribution in [0.3, 0.4) is 0 Å². The van der Waals surface area contributed by atoms with Crippen molar-refractivity contribution in [1.29, 1.82) is 0 Å². The molecule has 0 bridgehead atoms. The van der Waals surface area contributed by atoms with Crippen molar-refractivity contribution in [1.82, 2.24) is 14.6 Å². The number of aromatic nitrogens is 3. The summed E-state index contributed by atoms with van der Waals surface area (Å²) < 4.78 is 1.63. The first-order valence-corrected chi connectivity index (χ1v) is 6.30. The van der Waals surface area contributed by atoms with E-state index in [-0.39, 0.29) is 0 Å². The lowest BCUT2D eigenvalue weighted by Gasteiger charge is -2.27. The van der Waals surface area contributed by atoms with Crippen LogP contribution >= 0.6 is 0 Å². The van der Waals surface area contributed by atoms with Crippen LogP contribution in [0.2, 0.25) is 0 Å². The summed E-state index contributed by atoms with van der Waals surface area (Å²) in [5.41, 5.74) is 20.5. The molecule has 3 rings (SSSR count). The summed E-state index contributed by atoms with van der Waals surface area (Å²) >= 11 is 0.